The molecule has 0 spiro atoms. The molecule has 0 atom stereocenters. The number of nitro groups is 1. The fourth-order valence-corrected chi connectivity index (χ4v) is 2.28. The Morgan fingerprint density at radius 1 is 1.15 bits per heavy atom. The summed E-state index contributed by atoms with van der Waals surface area (Å²) in [5.41, 5.74) is 0.884. The molecular formula is C13H9Br2FN2O2. The minimum atomic E-state index is -0.555. The summed E-state index contributed by atoms with van der Waals surface area (Å²) in [5.74, 6) is -0.522. The number of nitrogens with one attached hydrogen (secondary N) is 1. The number of hydrogen-bond acceptors (Lipinski definition) is 3. The average molecular weight is 404 g/mol. The molecule has 0 saturated heterocycles. The fraction of sp³-hybridized carbons (Fsp3) is 0.0769. The molecule has 104 valence electrons. The highest BCUT2D eigenvalue weighted by Crippen LogP contribution is 2.25. The molecule has 0 amide bonds. The zero-order valence-corrected chi connectivity index (χ0v) is 13.2. The van der Waals surface area contributed by atoms with Crippen molar-refractivity contribution < 1.29 is 9.31 Å². The third-order valence-electron chi connectivity index (χ3n) is 2.63. The second-order valence-corrected chi connectivity index (χ2v) is 5.73. The second-order valence-electron chi connectivity index (χ2n) is 4.02. The van der Waals surface area contributed by atoms with Crippen molar-refractivity contribution >= 4 is 43.2 Å². The van der Waals surface area contributed by atoms with Gasteiger partial charge in [0.1, 0.15) is 5.82 Å². The van der Waals surface area contributed by atoms with Crippen LogP contribution in [0.4, 0.5) is 15.8 Å². The van der Waals surface area contributed by atoms with E-state index in [0.717, 1.165) is 26.6 Å². The van der Waals surface area contributed by atoms with Crippen molar-refractivity contribution in [2.75, 3.05) is 5.32 Å². The van der Waals surface area contributed by atoms with Gasteiger partial charge in [0, 0.05) is 27.6 Å². The predicted molar refractivity (Wildman–Crippen MR) is 82.2 cm³/mol. The molecule has 0 unspecified atom stereocenters. The van der Waals surface area contributed by atoms with Gasteiger partial charge < -0.3 is 5.32 Å². The summed E-state index contributed by atoms with van der Waals surface area (Å²) >= 11 is 6.74. The van der Waals surface area contributed by atoms with Crippen LogP contribution < -0.4 is 5.32 Å². The van der Waals surface area contributed by atoms with Gasteiger partial charge in [-0.2, -0.15) is 0 Å². The van der Waals surface area contributed by atoms with Gasteiger partial charge in [-0.1, -0.05) is 6.07 Å². The van der Waals surface area contributed by atoms with Crippen LogP contribution in [-0.2, 0) is 6.54 Å². The van der Waals surface area contributed by atoms with E-state index >= 15 is 0 Å². The minimum absolute atomic E-state index is 0.109. The highest BCUT2D eigenvalue weighted by molar-refractivity contribution is 9.13. The average Bonchev–Trinajstić information content (AvgIpc) is 2.41. The topological polar surface area (TPSA) is 55.2 Å². The Labute approximate surface area is 131 Å². The highest BCUT2D eigenvalue weighted by Gasteiger charge is 2.10. The molecule has 20 heavy (non-hydrogen) atoms. The van der Waals surface area contributed by atoms with Crippen LogP contribution in [0.3, 0.4) is 0 Å². The van der Waals surface area contributed by atoms with Crippen LogP contribution in [0.5, 0.6) is 0 Å². The van der Waals surface area contributed by atoms with Crippen LogP contribution in [0.1, 0.15) is 5.56 Å². The molecule has 0 aromatic heterocycles. The smallest absolute Gasteiger partial charge is 0.271 e. The first-order valence-electron chi connectivity index (χ1n) is 5.59. The van der Waals surface area contributed by atoms with Gasteiger partial charge in [-0.15, -0.1) is 0 Å². The molecule has 7 heteroatoms. The number of rotatable bonds is 4. The maximum absolute atomic E-state index is 13.6. The van der Waals surface area contributed by atoms with Crippen molar-refractivity contribution in [1.29, 1.82) is 0 Å². The van der Waals surface area contributed by atoms with Gasteiger partial charge in [0.15, 0.2) is 0 Å². The van der Waals surface area contributed by atoms with Crippen LogP contribution in [0, 0.1) is 15.9 Å². The molecule has 1 N–H and O–H groups in total. The molecule has 2 aromatic rings. The molecule has 0 aliphatic carbocycles. The summed E-state index contributed by atoms with van der Waals surface area (Å²) in [5, 5.41) is 13.5. The first-order valence-corrected chi connectivity index (χ1v) is 7.17. The summed E-state index contributed by atoms with van der Waals surface area (Å²) < 4.78 is 15.4. The van der Waals surface area contributed by atoms with E-state index in [1.54, 1.807) is 0 Å². The molecule has 2 aromatic carbocycles. The van der Waals surface area contributed by atoms with Crippen molar-refractivity contribution in [1.82, 2.24) is 0 Å². The van der Waals surface area contributed by atoms with E-state index in [9.17, 15) is 14.5 Å². The number of nitrogens with zero attached hydrogens (tertiary/aromatic N) is 1. The zero-order chi connectivity index (χ0) is 14.7. The van der Waals surface area contributed by atoms with Crippen LogP contribution in [0.15, 0.2) is 45.3 Å². The van der Waals surface area contributed by atoms with Gasteiger partial charge in [-0.05, 0) is 55.6 Å². The van der Waals surface area contributed by atoms with Crippen LogP contribution in [0.2, 0.25) is 0 Å². The number of halogens is 3. The molecule has 0 saturated carbocycles. The van der Waals surface area contributed by atoms with E-state index in [2.05, 4.69) is 37.2 Å². The summed E-state index contributed by atoms with van der Waals surface area (Å²) in [6.45, 7) is 0.365. The number of benzene rings is 2. The number of anilines is 1. The lowest BCUT2D eigenvalue weighted by Crippen LogP contribution is -2.02. The standard InChI is InChI=1S/C13H9Br2FN2O2/c14-10-3-1-8(5-11(10)15)7-17-13-6-9(18(19)20)2-4-12(13)16/h1-6,17H,7H2. The molecule has 4 nitrogen and oxygen atoms in total. The summed E-state index contributed by atoms with van der Waals surface area (Å²) in [4.78, 5) is 10.1. The molecule has 0 heterocycles. The molecule has 0 aliphatic heterocycles. The first kappa shape index (κ1) is 14.9. The largest absolute Gasteiger partial charge is 0.378 e. The summed E-state index contributed by atoms with van der Waals surface area (Å²) in [6, 6.07) is 9.02. The minimum Gasteiger partial charge on any atom is -0.378 e. The van der Waals surface area contributed by atoms with Gasteiger partial charge in [-0.25, -0.2) is 4.39 Å². The quantitative estimate of drug-likeness (QED) is 0.585. The van der Waals surface area contributed by atoms with Crippen molar-refractivity contribution in [3.63, 3.8) is 0 Å². The van der Waals surface area contributed by atoms with Crippen LogP contribution >= 0.6 is 31.9 Å². The maximum Gasteiger partial charge on any atom is 0.271 e. The fourth-order valence-electron chi connectivity index (χ4n) is 1.61. The van der Waals surface area contributed by atoms with Gasteiger partial charge in [0.2, 0.25) is 0 Å². The third kappa shape index (κ3) is 3.55. The Morgan fingerprint density at radius 2 is 1.90 bits per heavy atom. The maximum atomic E-state index is 13.6. The number of non-ortho nitro benzene ring substituents is 1. The zero-order valence-electron chi connectivity index (χ0n) is 10.1. The van der Waals surface area contributed by atoms with E-state index in [1.807, 2.05) is 18.2 Å². The lowest BCUT2D eigenvalue weighted by Gasteiger charge is -2.08. The van der Waals surface area contributed by atoms with Crippen molar-refractivity contribution in [3.8, 4) is 0 Å². The Balaban J connectivity index is 2.15. The van der Waals surface area contributed by atoms with E-state index in [-0.39, 0.29) is 11.4 Å². The molecule has 0 aliphatic rings. The van der Waals surface area contributed by atoms with Gasteiger partial charge in [-0.3, -0.25) is 10.1 Å². The molecule has 0 radical (unpaired) electrons. The van der Waals surface area contributed by atoms with E-state index in [0.29, 0.717) is 6.54 Å². The Morgan fingerprint density at radius 3 is 2.55 bits per heavy atom. The third-order valence-corrected chi connectivity index (χ3v) is 4.51. The Bertz CT molecular complexity index is 665. The lowest BCUT2D eigenvalue weighted by atomic mass is 10.2. The second kappa shape index (κ2) is 6.32. The highest BCUT2D eigenvalue weighted by atomic mass is 79.9. The van der Waals surface area contributed by atoms with Crippen LogP contribution in [0.25, 0.3) is 0 Å². The van der Waals surface area contributed by atoms with Gasteiger partial charge >= 0.3 is 0 Å². The lowest BCUT2D eigenvalue weighted by molar-refractivity contribution is -0.384. The van der Waals surface area contributed by atoms with Gasteiger partial charge in [0.05, 0.1) is 10.6 Å². The normalized spacial score (nSPS) is 10.3. The molecule has 0 fully saturated rings. The first-order chi connectivity index (χ1) is 9.47. The van der Waals surface area contributed by atoms with Gasteiger partial charge in [0.25, 0.3) is 5.69 Å². The van der Waals surface area contributed by atoms with Crippen molar-refractivity contribution in [2.45, 2.75) is 6.54 Å². The van der Waals surface area contributed by atoms with Crippen molar-refractivity contribution in [2.24, 2.45) is 0 Å². The van der Waals surface area contributed by atoms with E-state index in [1.165, 1.54) is 6.07 Å². The Hall–Kier alpha value is -1.47. The summed E-state index contributed by atoms with van der Waals surface area (Å²) in [6.07, 6.45) is 0. The van der Waals surface area contributed by atoms with Crippen molar-refractivity contribution in [3.05, 3.63) is 66.8 Å². The summed E-state index contributed by atoms with van der Waals surface area (Å²) in [7, 11) is 0. The number of nitro benzene ring substituents is 1. The molecule has 0 bridgehead atoms. The monoisotopic (exact) mass is 402 g/mol. The number of hydrogen-bond donors (Lipinski definition) is 1. The molecular weight excluding hydrogens is 395 g/mol. The van der Waals surface area contributed by atoms with Crippen LogP contribution in [-0.4, -0.2) is 4.92 Å². The predicted octanol–water partition coefficient (Wildman–Crippen LogP) is 4.87. The molecule has 2 rings (SSSR count). The SMILES string of the molecule is O=[N+]([O-])c1ccc(F)c(NCc2ccc(Br)c(Br)c2)c1. The van der Waals surface area contributed by atoms with E-state index in [4.69, 9.17) is 0 Å². The van der Waals surface area contributed by atoms with E-state index < -0.39 is 10.7 Å². The Kier molecular flexibility index (Phi) is 4.72.